The number of hydrogen-bond acceptors (Lipinski definition) is 6. The lowest BCUT2D eigenvalue weighted by Gasteiger charge is -1.98. The Morgan fingerprint density at radius 2 is 2.26 bits per heavy atom. The van der Waals surface area contributed by atoms with Gasteiger partial charge in [0.2, 0.25) is 0 Å². The van der Waals surface area contributed by atoms with Crippen LogP contribution in [0, 0.1) is 0 Å². The minimum absolute atomic E-state index is 0.113. The van der Waals surface area contributed by atoms with Crippen molar-refractivity contribution >= 4 is 34.6 Å². The zero-order valence-corrected chi connectivity index (χ0v) is 11.7. The second-order valence-corrected chi connectivity index (χ2v) is 5.66. The molecule has 0 aliphatic rings. The highest BCUT2D eigenvalue weighted by atomic mass is 32.1. The highest BCUT2D eigenvalue weighted by molar-refractivity contribution is 7.12. The maximum Gasteiger partial charge on any atom is 0.355 e. The van der Waals surface area contributed by atoms with Crippen molar-refractivity contribution in [3.05, 3.63) is 32.2 Å². The van der Waals surface area contributed by atoms with Gasteiger partial charge >= 0.3 is 5.97 Å². The molecule has 6 nitrogen and oxygen atoms in total. The second kappa shape index (κ2) is 5.89. The van der Waals surface area contributed by atoms with E-state index in [4.69, 9.17) is 5.11 Å². The molecule has 1 amide bonds. The summed E-state index contributed by atoms with van der Waals surface area (Å²) in [6.07, 6.45) is 2.71. The van der Waals surface area contributed by atoms with Gasteiger partial charge in [0.15, 0.2) is 10.7 Å². The highest BCUT2D eigenvalue weighted by Crippen LogP contribution is 2.14. The molecule has 0 saturated heterocycles. The van der Waals surface area contributed by atoms with Crippen LogP contribution < -0.4 is 5.32 Å². The van der Waals surface area contributed by atoms with Crippen LogP contribution in [0.4, 0.5) is 0 Å². The summed E-state index contributed by atoms with van der Waals surface area (Å²) in [5, 5.41) is 13.7. The molecule has 0 aliphatic heterocycles. The van der Waals surface area contributed by atoms with Crippen LogP contribution >= 0.6 is 22.7 Å². The van der Waals surface area contributed by atoms with Crippen LogP contribution in [0.25, 0.3) is 0 Å². The average Bonchev–Trinajstić information content (AvgIpc) is 3.04. The number of aromatic nitrogens is 2. The molecule has 0 fully saturated rings. The number of carbonyl (C=O) groups excluding carboxylic acids is 1. The van der Waals surface area contributed by atoms with Gasteiger partial charge in [-0.1, -0.05) is 6.92 Å². The van der Waals surface area contributed by atoms with Gasteiger partial charge in [-0.2, -0.15) is 0 Å². The zero-order valence-electron chi connectivity index (χ0n) is 10.0. The first-order valence-electron chi connectivity index (χ1n) is 5.50. The summed E-state index contributed by atoms with van der Waals surface area (Å²) in [6, 6.07) is 0. The lowest BCUT2D eigenvalue weighted by atomic mass is 10.4. The number of amides is 1. The molecule has 2 N–H and O–H groups in total. The maximum absolute atomic E-state index is 11.8. The van der Waals surface area contributed by atoms with Crippen molar-refractivity contribution in [2.75, 3.05) is 0 Å². The summed E-state index contributed by atoms with van der Waals surface area (Å²) in [6.45, 7) is 2.37. The molecule has 0 aliphatic carbocycles. The van der Waals surface area contributed by atoms with Crippen LogP contribution in [-0.4, -0.2) is 27.0 Å². The van der Waals surface area contributed by atoms with Crippen molar-refractivity contribution in [3.63, 3.8) is 0 Å². The van der Waals surface area contributed by atoms with Crippen LogP contribution in [0.3, 0.4) is 0 Å². The molecule has 0 bridgehead atoms. The summed E-state index contributed by atoms with van der Waals surface area (Å²) in [5.74, 6) is -1.52. The molecule has 0 aromatic carbocycles. The number of aromatic carboxylic acids is 1. The summed E-state index contributed by atoms with van der Waals surface area (Å²) < 4.78 is 0. The van der Waals surface area contributed by atoms with E-state index in [0.29, 0.717) is 6.54 Å². The summed E-state index contributed by atoms with van der Waals surface area (Å²) >= 11 is 2.55. The van der Waals surface area contributed by atoms with Crippen molar-refractivity contribution in [2.45, 2.75) is 19.9 Å². The lowest BCUT2D eigenvalue weighted by molar-refractivity contribution is 0.0691. The van der Waals surface area contributed by atoms with Crippen LogP contribution in [-0.2, 0) is 13.0 Å². The average molecular weight is 297 g/mol. The monoisotopic (exact) mass is 297 g/mol. The van der Waals surface area contributed by atoms with E-state index in [0.717, 1.165) is 27.6 Å². The highest BCUT2D eigenvalue weighted by Gasteiger charge is 2.14. The van der Waals surface area contributed by atoms with Crippen molar-refractivity contribution in [3.8, 4) is 0 Å². The minimum atomic E-state index is -1.14. The molecule has 8 heteroatoms. The number of carboxylic acid groups (broad SMARTS) is 1. The number of aryl methyl sites for hydroxylation is 1. The first-order chi connectivity index (χ1) is 9.10. The van der Waals surface area contributed by atoms with Crippen LogP contribution in [0.15, 0.2) is 11.6 Å². The number of hydrogen-bond donors (Lipinski definition) is 2. The van der Waals surface area contributed by atoms with Gasteiger partial charge < -0.3 is 10.4 Å². The van der Waals surface area contributed by atoms with Gasteiger partial charge in [-0.15, -0.1) is 22.7 Å². The van der Waals surface area contributed by atoms with Gasteiger partial charge in [-0.25, -0.2) is 14.8 Å². The van der Waals surface area contributed by atoms with Gasteiger partial charge in [0, 0.05) is 16.5 Å². The number of nitrogens with one attached hydrogen (secondary N) is 1. The second-order valence-electron chi connectivity index (χ2n) is 3.60. The Morgan fingerprint density at radius 1 is 1.47 bits per heavy atom. The van der Waals surface area contributed by atoms with Crippen LogP contribution in [0.5, 0.6) is 0 Å². The van der Waals surface area contributed by atoms with Gasteiger partial charge in [0.25, 0.3) is 5.91 Å². The minimum Gasteiger partial charge on any atom is -0.476 e. The SMILES string of the molecule is CCc1cnc(CNC(=O)c2nc(C(=O)O)cs2)s1. The first kappa shape index (κ1) is 13.6. The molecule has 0 unspecified atom stereocenters. The quantitative estimate of drug-likeness (QED) is 0.877. The van der Waals surface area contributed by atoms with E-state index >= 15 is 0 Å². The van der Waals surface area contributed by atoms with Gasteiger partial charge in [0.1, 0.15) is 5.01 Å². The number of carboxylic acids is 1. The fourth-order valence-corrected chi connectivity index (χ4v) is 2.81. The number of nitrogens with zero attached hydrogens (tertiary/aromatic N) is 2. The molecule has 0 spiro atoms. The van der Waals surface area contributed by atoms with E-state index in [2.05, 4.69) is 15.3 Å². The molecule has 0 atom stereocenters. The van der Waals surface area contributed by atoms with Crippen molar-refractivity contribution in [1.82, 2.24) is 15.3 Å². The number of thiazole rings is 2. The number of carbonyl (C=O) groups is 2. The normalized spacial score (nSPS) is 10.4. The topological polar surface area (TPSA) is 92.2 Å². The molecule has 2 aromatic heterocycles. The van der Waals surface area contributed by atoms with E-state index in [1.54, 1.807) is 17.5 Å². The Balaban J connectivity index is 1.95. The third-order valence-electron chi connectivity index (χ3n) is 2.27. The van der Waals surface area contributed by atoms with Crippen LogP contribution in [0.2, 0.25) is 0 Å². The molecule has 0 saturated carbocycles. The maximum atomic E-state index is 11.8. The van der Waals surface area contributed by atoms with E-state index < -0.39 is 5.97 Å². The molecule has 19 heavy (non-hydrogen) atoms. The van der Waals surface area contributed by atoms with Gasteiger partial charge in [0.05, 0.1) is 6.54 Å². The Bertz CT molecular complexity index is 606. The summed E-state index contributed by atoms with van der Waals surface area (Å²) in [4.78, 5) is 31.5. The molecule has 2 heterocycles. The molecular formula is C11H11N3O3S2. The molecular weight excluding hydrogens is 286 g/mol. The Hall–Kier alpha value is -1.80. The molecule has 0 radical (unpaired) electrons. The Kier molecular flexibility index (Phi) is 4.23. The van der Waals surface area contributed by atoms with Crippen molar-refractivity contribution in [1.29, 1.82) is 0 Å². The standard InChI is InChI=1S/C11H11N3O3S2/c1-2-6-3-12-8(19-6)4-13-9(15)10-14-7(5-18-10)11(16)17/h3,5H,2,4H2,1H3,(H,13,15)(H,16,17). The zero-order chi connectivity index (χ0) is 13.8. The first-order valence-corrected chi connectivity index (χ1v) is 7.20. The predicted molar refractivity (Wildman–Crippen MR) is 71.7 cm³/mol. The molecule has 2 aromatic rings. The van der Waals surface area contributed by atoms with E-state index in [9.17, 15) is 9.59 Å². The third-order valence-corrected chi connectivity index (χ3v) is 4.25. The van der Waals surface area contributed by atoms with Crippen molar-refractivity contribution in [2.24, 2.45) is 0 Å². The lowest BCUT2D eigenvalue weighted by Crippen LogP contribution is -2.22. The smallest absolute Gasteiger partial charge is 0.355 e. The predicted octanol–water partition coefficient (Wildman–Crippen LogP) is 1.79. The Labute approximate surface area is 117 Å². The molecule has 100 valence electrons. The number of rotatable bonds is 5. The Morgan fingerprint density at radius 3 is 2.84 bits per heavy atom. The third kappa shape index (κ3) is 3.36. The van der Waals surface area contributed by atoms with Gasteiger partial charge in [-0.05, 0) is 6.42 Å². The molecule has 2 rings (SSSR count). The van der Waals surface area contributed by atoms with E-state index in [-0.39, 0.29) is 16.6 Å². The fourth-order valence-electron chi connectivity index (χ4n) is 1.30. The fraction of sp³-hybridized carbons (Fsp3) is 0.273. The van der Waals surface area contributed by atoms with Crippen LogP contribution in [0.1, 0.15) is 37.1 Å². The van der Waals surface area contributed by atoms with Gasteiger partial charge in [-0.3, -0.25) is 4.79 Å². The van der Waals surface area contributed by atoms with E-state index in [1.807, 2.05) is 6.92 Å². The largest absolute Gasteiger partial charge is 0.476 e. The van der Waals surface area contributed by atoms with Crippen molar-refractivity contribution < 1.29 is 14.7 Å². The summed E-state index contributed by atoms with van der Waals surface area (Å²) in [7, 11) is 0. The van der Waals surface area contributed by atoms with E-state index in [1.165, 1.54) is 5.38 Å². The summed E-state index contributed by atoms with van der Waals surface area (Å²) in [5.41, 5.74) is -0.113.